The number of nitrogens with one attached hydrogen (secondary N) is 3. The molecule has 0 saturated heterocycles. The summed E-state index contributed by atoms with van der Waals surface area (Å²) in [7, 11) is 0. The molecule has 0 heterocycles. The number of phenols is 1. The van der Waals surface area contributed by atoms with Gasteiger partial charge in [-0.2, -0.15) is 0 Å². The Labute approximate surface area is 247 Å². The zero-order valence-corrected chi connectivity index (χ0v) is 23.6. The molecule has 0 fully saturated rings. The van der Waals surface area contributed by atoms with Crippen LogP contribution in [0.1, 0.15) is 37.7 Å². The van der Waals surface area contributed by atoms with E-state index in [2.05, 4.69) is 25.9 Å². The number of guanidine groups is 2. The van der Waals surface area contributed by atoms with Crippen molar-refractivity contribution in [2.45, 2.75) is 62.7 Å². The lowest BCUT2D eigenvalue weighted by Crippen LogP contribution is -2.58. The maximum Gasteiger partial charge on any atom is 0.326 e. The largest absolute Gasteiger partial charge is 0.508 e. The number of aliphatic carboxylic acids is 1. The van der Waals surface area contributed by atoms with Gasteiger partial charge in [-0.1, -0.05) is 12.1 Å². The third-order valence-corrected chi connectivity index (χ3v) is 5.91. The molecule has 1 aromatic rings. The van der Waals surface area contributed by atoms with Crippen molar-refractivity contribution < 1.29 is 34.2 Å². The van der Waals surface area contributed by atoms with Crippen LogP contribution in [0.5, 0.6) is 5.75 Å². The van der Waals surface area contributed by atoms with Crippen LogP contribution in [0.25, 0.3) is 0 Å². The van der Waals surface area contributed by atoms with Crippen LogP contribution < -0.4 is 50.4 Å². The van der Waals surface area contributed by atoms with Crippen molar-refractivity contribution >= 4 is 41.5 Å². The second-order valence-corrected chi connectivity index (χ2v) is 9.57. The van der Waals surface area contributed by atoms with Gasteiger partial charge in [0, 0.05) is 19.5 Å². The van der Waals surface area contributed by atoms with Gasteiger partial charge in [-0.25, -0.2) is 4.79 Å². The van der Waals surface area contributed by atoms with E-state index in [0.29, 0.717) is 12.0 Å². The van der Waals surface area contributed by atoms with Gasteiger partial charge >= 0.3 is 5.97 Å². The Balaban J connectivity index is 3.05. The number of carbonyl (C=O) groups excluding carboxylic acids is 4. The zero-order valence-electron chi connectivity index (χ0n) is 23.6. The molecule has 4 amide bonds. The molecule has 17 N–H and O–H groups in total. The fourth-order valence-electron chi connectivity index (χ4n) is 3.72. The van der Waals surface area contributed by atoms with Gasteiger partial charge in [0.05, 0.1) is 12.5 Å². The smallest absolute Gasteiger partial charge is 0.326 e. The number of phenolic OH excluding ortho intramolecular Hbond substituents is 1. The van der Waals surface area contributed by atoms with Gasteiger partial charge in [-0.15, -0.1) is 0 Å². The molecule has 0 radical (unpaired) electrons. The topological polar surface area (TPSA) is 343 Å². The fraction of sp³-hybridized carbons (Fsp3) is 0.480. The molecule has 18 heteroatoms. The van der Waals surface area contributed by atoms with Crippen molar-refractivity contribution in [3.63, 3.8) is 0 Å². The van der Waals surface area contributed by atoms with E-state index in [1.807, 2.05) is 0 Å². The summed E-state index contributed by atoms with van der Waals surface area (Å²) in [5.74, 6) is -5.16. The second kappa shape index (κ2) is 18.3. The highest BCUT2D eigenvalue weighted by Crippen LogP contribution is 2.12. The standard InChI is InChI=1S/C25H41N11O7/c26-15(3-1-9-32-24(28)29)20(39)35-17(12-19(27)38)22(41)34-16(4-2-10-33-25(30)31)21(40)36-18(23(42)43)11-13-5-7-14(37)8-6-13/h5-8,15-18,37H,1-4,9-12,26H2,(H2,27,38)(H,34,41)(H,35,39)(H,36,40)(H,42,43)(H4,28,29,32)(H4,30,31,33). The minimum Gasteiger partial charge on any atom is -0.508 e. The normalized spacial score (nSPS) is 13.3. The molecule has 0 aliphatic rings. The monoisotopic (exact) mass is 607 g/mol. The molecule has 238 valence electrons. The molecule has 0 aromatic heterocycles. The summed E-state index contributed by atoms with van der Waals surface area (Å²) in [5, 5.41) is 26.3. The van der Waals surface area contributed by atoms with E-state index in [1.165, 1.54) is 24.3 Å². The molecule has 4 atom stereocenters. The van der Waals surface area contributed by atoms with Gasteiger partial charge < -0.3 is 60.6 Å². The van der Waals surface area contributed by atoms with Gasteiger partial charge in [0.1, 0.15) is 23.9 Å². The summed E-state index contributed by atoms with van der Waals surface area (Å²) in [4.78, 5) is 70.2. The van der Waals surface area contributed by atoms with Crippen LogP contribution in [-0.2, 0) is 30.4 Å². The molecule has 0 aliphatic carbocycles. The number of aliphatic imine (C=N–C) groups is 2. The van der Waals surface area contributed by atoms with Gasteiger partial charge in [0.15, 0.2) is 11.9 Å². The summed E-state index contributed by atoms with van der Waals surface area (Å²) < 4.78 is 0. The summed E-state index contributed by atoms with van der Waals surface area (Å²) in [6.45, 7) is 0.309. The van der Waals surface area contributed by atoms with Crippen molar-refractivity contribution in [3.05, 3.63) is 29.8 Å². The van der Waals surface area contributed by atoms with Crippen molar-refractivity contribution in [1.29, 1.82) is 0 Å². The average molecular weight is 608 g/mol. The number of hydrogen-bond donors (Lipinski definition) is 11. The number of benzene rings is 1. The lowest BCUT2D eigenvalue weighted by Gasteiger charge is -2.25. The number of carbonyl (C=O) groups is 5. The first kappa shape index (κ1) is 35.9. The third kappa shape index (κ3) is 14.9. The predicted octanol–water partition coefficient (Wildman–Crippen LogP) is -4.22. The summed E-state index contributed by atoms with van der Waals surface area (Å²) >= 11 is 0. The van der Waals surface area contributed by atoms with E-state index in [0.717, 1.165) is 0 Å². The summed E-state index contributed by atoms with van der Waals surface area (Å²) in [5.41, 5.74) is 32.8. The van der Waals surface area contributed by atoms with Gasteiger partial charge in [-0.05, 0) is 43.4 Å². The Morgan fingerprint density at radius 1 is 0.721 bits per heavy atom. The molecule has 0 saturated carbocycles. The number of amides is 4. The number of carboxylic acid groups (broad SMARTS) is 1. The molecular weight excluding hydrogens is 566 g/mol. The van der Waals surface area contributed by atoms with Crippen LogP contribution in [-0.4, -0.2) is 89.0 Å². The van der Waals surface area contributed by atoms with Crippen LogP contribution in [0.3, 0.4) is 0 Å². The van der Waals surface area contributed by atoms with Crippen LogP contribution in [0.2, 0.25) is 0 Å². The molecule has 0 aliphatic heterocycles. The van der Waals surface area contributed by atoms with E-state index in [1.54, 1.807) is 0 Å². The highest BCUT2D eigenvalue weighted by Gasteiger charge is 2.31. The van der Waals surface area contributed by atoms with Crippen LogP contribution >= 0.6 is 0 Å². The summed E-state index contributed by atoms with van der Waals surface area (Å²) in [6, 6.07) is 0.443. The Morgan fingerprint density at radius 3 is 1.72 bits per heavy atom. The van der Waals surface area contributed by atoms with Crippen molar-refractivity contribution in [2.75, 3.05) is 13.1 Å². The number of nitrogens with two attached hydrogens (primary N) is 6. The van der Waals surface area contributed by atoms with E-state index in [4.69, 9.17) is 34.4 Å². The van der Waals surface area contributed by atoms with Crippen LogP contribution in [0.4, 0.5) is 0 Å². The molecule has 0 spiro atoms. The number of nitrogens with zero attached hydrogens (tertiary/aromatic N) is 2. The number of primary amides is 1. The third-order valence-electron chi connectivity index (χ3n) is 5.91. The number of rotatable bonds is 19. The number of hydrogen-bond acceptors (Lipinski definition) is 9. The van der Waals surface area contributed by atoms with Gasteiger partial charge in [0.2, 0.25) is 23.6 Å². The minimum atomic E-state index is -1.49. The van der Waals surface area contributed by atoms with Crippen LogP contribution in [0.15, 0.2) is 34.3 Å². The first-order valence-electron chi connectivity index (χ1n) is 13.3. The van der Waals surface area contributed by atoms with E-state index < -0.39 is 60.2 Å². The molecule has 0 bridgehead atoms. The lowest BCUT2D eigenvalue weighted by molar-refractivity contribution is -0.142. The molecule has 4 unspecified atom stereocenters. The highest BCUT2D eigenvalue weighted by molar-refractivity contribution is 5.96. The predicted molar refractivity (Wildman–Crippen MR) is 157 cm³/mol. The quantitative estimate of drug-likeness (QED) is 0.0405. The molecule has 18 nitrogen and oxygen atoms in total. The molecular formula is C25H41N11O7. The lowest BCUT2D eigenvalue weighted by atomic mass is 10.0. The molecule has 1 aromatic carbocycles. The second-order valence-electron chi connectivity index (χ2n) is 9.57. The average Bonchev–Trinajstić information content (AvgIpc) is 2.92. The maximum atomic E-state index is 13.2. The SMILES string of the molecule is NC(=O)CC(NC(=O)C(N)CCCN=C(N)N)C(=O)NC(CCCN=C(N)N)C(=O)NC(Cc1ccc(O)cc1)C(=O)O. The van der Waals surface area contributed by atoms with Gasteiger partial charge in [0.25, 0.3) is 0 Å². The molecule has 43 heavy (non-hydrogen) atoms. The maximum absolute atomic E-state index is 13.2. The zero-order chi connectivity index (χ0) is 32.5. The number of aromatic hydroxyl groups is 1. The Morgan fingerprint density at radius 2 is 1.21 bits per heavy atom. The van der Waals surface area contributed by atoms with Crippen molar-refractivity contribution in [3.8, 4) is 5.75 Å². The Kier molecular flexibility index (Phi) is 15.3. The van der Waals surface area contributed by atoms with Gasteiger partial charge in [-0.3, -0.25) is 29.2 Å². The van der Waals surface area contributed by atoms with Crippen molar-refractivity contribution in [2.24, 2.45) is 44.4 Å². The first-order chi connectivity index (χ1) is 20.2. The van der Waals surface area contributed by atoms with E-state index >= 15 is 0 Å². The Hall–Kier alpha value is -5.13. The summed E-state index contributed by atoms with van der Waals surface area (Å²) in [6.07, 6.45) is -0.0787. The van der Waals surface area contributed by atoms with E-state index in [9.17, 15) is 34.2 Å². The van der Waals surface area contributed by atoms with Crippen molar-refractivity contribution in [1.82, 2.24) is 16.0 Å². The minimum absolute atomic E-state index is 0.0206. The van der Waals surface area contributed by atoms with Crippen LogP contribution in [0, 0.1) is 0 Å². The van der Waals surface area contributed by atoms with E-state index in [-0.39, 0.29) is 56.4 Å². The molecule has 1 rings (SSSR count). The number of carboxylic acids is 1. The Bertz CT molecular complexity index is 1170. The highest BCUT2D eigenvalue weighted by atomic mass is 16.4. The fourth-order valence-corrected chi connectivity index (χ4v) is 3.72. The first-order valence-corrected chi connectivity index (χ1v) is 13.3.